The van der Waals surface area contributed by atoms with Gasteiger partial charge in [-0.3, -0.25) is 9.59 Å². The average Bonchev–Trinajstić information content (AvgIpc) is 3.16. The van der Waals surface area contributed by atoms with Gasteiger partial charge < -0.3 is 5.32 Å². The van der Waals surface area contributed by atoms with Gasteiger partial charge in [0.15, 0.2) is 5.82 Å². The Morgan fingerprint density at radius 3 is 2.95 bits per heavy atom. The number of hydrogen-bond acceptors (Lipinski definition) is 5. The van der Waals surface area contributed by atoms with E-state index in [0.29, 0.717) is 18.9 Å². The molecule has 0 saturated heterocycles. The Bertz CT molecular complexity index is 659. The molecule has 1 fully saturated rings. The largest absolute Gasteiger partial charge is 0.354 e. The van der Waals surface area contributed by atoms with Gasteiger partial charge >= 0.3 is 0 Å². The van der Waals surface area contributed by atoms with Crippen LogP contribution in [0.15, 0.2) is 29.6 Å². The molecule has 0 radical (unpaired) electrons. The summed E-state index contributed by atoms with van der Waals surface area (Å²) in [4.78, 5) is 27.0. The summed E-state index contributed by atoms with van der Waals surface area (Å²) in [7, 11) is 0. The lowest BCUT2D eigenvalue weighted by atomic mass is 10.4. The second-order valence-corrected chi connectivity index (χ2v) is 4.66. The van der Waals surface area contributed by atoms with Crippen molar-refractivity contribution in [3.8, 4) is 5.82 Å². The van der Waals surface area contributed by atoms with E-state index in [2.05, 4.69) is 20.5 Å². The molecular formula is C12H14N6O2. The Morgan fingerprint density at radius 1 is 1.40 bits per heavy atom. The smallest absolute Gasteiger partial charge is 0.266 e. The first-order valence-corrected chi connectivity index (χ1v) is 6.45. The molecule has 0 spiro atoms. The van der Waals surface area contributed by atoms with Crippen molar-refractivity contribution in [3.05, 3.63) is 35.1 Å². The molecule has 20 heavy (non-hydrogen) atoms. The van der Waals surface area contributed by atoms with E-state index in [4.69, 9.17) is 0 Å². The number of amides is 1. The van der Waals surface area contributed by atoms with Crippen LogP contribution in [0.25, 0.3) is 5.82 Å². The van der Waals surface area contributed by atoms with Crippen molar-refractivity contribution in [1.82, 2.24) is 29.9 Å². The minimum atomic E-state index is -0.213. The van der Waals surface area contributed by atoms with E-state index in [0.717, 1.165) is 12.8 Å². The highest BCUT2D eigenvalue weighted by atomic mass is 16.2. The zero-order valence-corrected chi connectivity index (χ0v) is 10.8. The molecule has 1 amide bonds. The highest BCUT2D eigenvalue weighted by molar-refractivity contribution is 5.80. The van der Waals surface area contributed by atoms with Gasteiger partial charge in [0.25, 0.3) is 5.56 Å². The van der Waals surface area contributed by atoms with E-state index in [-0.39, 0.29) is 17.4 Å². The van der Waals surface area contributed by atoms with Gasteiger partial charge in [0.1, 0.15) is 12.7 Å². The predicted molar refractivity (Wildman–Crippen MR) is 69.1 cm³/mol. The summed E-state index contributed by atoms with van der Waals surface area (Å²) in [5.41, 5.74) is -0.213. The zero-order valence-electron chi connectivity index (χ0n) is 10.8. The first-order valence-electron chi connectivity index (χ1n) is 6.45. The van der Waals surface area contributed by atoms with Crippen LogP contribution in [0.5, 0.6) is 0 Å². The van der Waals surface area contributed by atoms with Crippen molar-refractivity contribution in [3.63, 3.8) is 0 Å². The molecule has 2 heterocycles. The van der Waals surface area contributed by atoms with Crippen LogP contribution in [0.2, 0.25) is 0 Å². The van der Waals surface area contributed by atoms with E-state index < -0.39 is 0 Å². The summed E-state index contributed by atoms with van der Waals surface area (Å²) >= 11 is 0. The predicted octanol–water partition coefficient (Wildman–Crippen LogP) is -0.650. The third-order valence-corrected chi connectivity index (χ3v) is 3.08. The van der Waals surface area contributed by atoms with Crippen molar-refractivity contribution in [2.75, 3.05) is 6.54 Å². The molecule has 2 aromatic rings. The summed E-state index contributed by atoms with van der Waals surface area (Å²) in [6.07, 6.45) is 4.83. The fraction of sp³-hybridized carbons (Fsp3) is 0.417. The highest BCUT2D eigenvalue weighted by Gasteiger charge is 2.29. The van der Waals surface area contributed by atoms with E-state index in [1.807, 2.05) is 0 Å². The molecule has 0 bridgehead atoms. The fourth-order valence-corrected chi connectivity index (χ4v) is 1.82. The summed E-state index contributed by atoms with van der Waals surface area (Å²) in [5.74, 6) is 0.738. The lowest BCUT2D eigenvalue weighted by Crippen LogP contribution is -2.32. The molecular weight excluding hydrogens is 260 g/mol. The summed E-state index contributed by atoms with van der Waals surface area (Å²) in [6, 6.07) is 3.00. The van der Waals surface area contributed by atoms with Crippen LogP contribution in [-0.2, 0) is 11.3 Å². The van der Waals surface area contributed by atoms with Gasteiger partial charge in [-0.15, -0.1) is 5.10 Å². The minimum Gasteiger partial charge on any atom is -0.354 e. The van der Waals surface area contributed by atoms with Crippen molar-refractivity contribution in [2.24, 2.45) is 5.92 Å². The number of nitrogens with zero attached hydrogens (tertiary/aromatic N) is 5. The maximum Gasteiger partial charge on any atom is 0.266 e. The van der Waals surface area contributed by atoms with Gasteiger partial charge in [-0.25, -0.2) is 14.3 Å². The molecule has 0 unspecified atom stereocenters. The Hall–Kier alpha value is -2.51. The molecule has 3 rings (SSSR count). The number of hydrogen-bond donors (Lipinski definition) is 1. The Morgan fingerprint density at radius 2 is 2.25 bits per heavy atom. The van der Waals surface area contributed by atoms with Gasteiger partial charge in [0.05, 0.1) is 6.54 Å². The quantitative estimate of drug-likeness (QED) is 0.781. The van der Waals surface area contributed by atoms with Crippen LogP contribution >= 0.6 is 0 Å². The van der Waals surface area contributed by atoms with Crippen LogP contribution in [-0.4, -0.2) is 37.0 Å². The van der Waals surface area contributed by atoms with E-state index >= 15 is 0 Å². The zero-order chi connectivity index (χ0) is 13.9. The first-order chi connectivity index (χ1) is 9.74. The highest BCUT2D eigenvalue weighted by Crippen LogP contribution is 2.28. The van der Waals surface area contributed by atoms with Gasteiger partial charge in [-0.1, -0.05) is 0 Å². The van der Waals surface area contributed by atoms with E-state index in [1.165, 1.54) is 28.1 Å². The molecule has 8 nitrogen and oxygen atoms in total. The summed E-state index contributed by atoms with van der Waals surface area (Å²) < 4.78 is 2.78. The topological polar surface area (TPSA) is 94.7 Å². The lowest BCUT2D eigenvalue weighted by molar-refractivity contribution is -0.122. The number of carbonyl (C=O) groups excluding carboxylic acids is 1. The number of aromatic nitrogens is 5. The third-order valence-electron chi connectivity index (χ3n) is 3.08. The summed E-state index contributed by atoms with van der Waals surface area (Å²) in [5, 5.41) is 10.9. The first kappa shape index (κ1) is 12.5. The van der Waals surface area contributed by atoms with Crippen LogP contribution < -0.4 is 10.9 Å². The molecule has 1 aliphatic carbocycles. The Labute approximate surface area is 114 Å². The molecule has 0 aliphatic heterocycles. The lowest BCUT2D eigenvalue weighted by Gasteiger charge is -2.07. The standard InChI is InChI=1S/C12H14N6O2/c19-11-4-3-10(18-8-13-7-15-18)16-17(11)6-5-14-12(20)9-1-2-9/h3-4,7-9H,1-2,5-6H2,(H,14,20). The number of rotatable bonds is 5. The molecule has 0 aromatic carbocycles. The maximum atomic E-state index is 11.7. The number of nitrogens with one attached hydrogen (secondary N) is 1. The number of carbonyl (C=O) groups is 1. The van der Waals surface area contributed by atoms with Gasteiger partial charge in [0.2, 0.25) is 5.91 Å². The Balaban J connectivity index is 1.67. The van der Waals surface area contributed by atoms with Crippen molar-refractivity contribution < 1.29 is 4.79 Å². The van der Waals surface area contributed by atoms with Crippen LogP contribution in [0, 0.1) is 5.92 Å². The third kappa shape index (κ3) is 2.73. The minimum absolute atomic E-state index is 0.0606. The molecule has 104 valence electrons. The van der Waals surface area contributed by atoms with Crippen molar-refractivity contribution >= 4 is 5.91 Å². The maximum absolute atomic E-state index is 11.7. The molecule has 2 aromatic heterocycles. The molecule has 0 atom stereocenters. The van der Waals surface area contributed by atoms with Crippen LogP contribution in [0.3, 0.4) is 0 Å². The summed E-state index contributed by atoms with van der Waals surface area (Å²) in [6.45, 7) is 0.725. The van der Waals surface area contributed by atoms with Gasteiger partial charge in [-0.05, 0) is 18.9 Å². The van der Waals surface area contributed by atoms with E-state index in [9.17, 15) is 9.59 Å². The average molecular weight is 274 g/mol. The fourth-order valence-electron chi connectivity index (χ4n) is 1.82. The SMILES string of the molecule is O=C(NCCn1nc(-n2cncn2)ccc1=O)C1CC1. The monoisotopic (exact) mass is 274 g/mol. The van der Waals surface area contributed by atoms with E-state index in [1.54, 1.807) is 6.07 Å². The molecule has 1 saturated carbocycles. The normalized spacial score (nSPS) is 14.2. The second-order valence-electron chi connectivity index (χ2n) is 4.66. The Kier molecular flexibility index (Phi) is 3.28. The molecule has 1 N–H and O–H groups in total. The van der Waals surface area contributed by atoms with Crippen molar-refractivity contribution in [2.45, 2.75) is 19.4 Å². The van der Waals surface area contributed by atoms with Gasteiger partial charge in [-0.2, -0.15) is 5.10 Å². The van der Waals surface area contributed by atoms with Crippen LogP contribution in [0.4, 0.5) is 0 Å². The van der Waals surface area contributed by atoms with Gasteiger partial charge in [0, 0.05) is 18.5 Å². The molecule has 1 aliphatic rings. The van der Waals surface area contributed by atoms with Crippen LogP contribution in [0.1, 0.15) is 12.8 Å². The van der Waals surface area contributed by atoms with Crippen molar-refractivity contribution in [1.29, 1.82) is 0 Å². The molecule has 8 heteroatoms. The second kappa shape index (κ2) is 5.24.